The standard InChI is InChI=1S/C57H33N3O3/c1-2-13-35(14-3-1)55-58-56(36-29-27-34(28-30-36)40-18-10-21-46-43-15-4-7-24-49(43)61-52(40)46)60-57(59-55)39-32-37(41-19-11-22-47-44-16-5-8-25-50(44)62-53(41)47)31-38(33-39)42-20-12-23-48-45-17-6-9-26-51(45)63-54(42)48/h1-33H. The summed E-state index contributed by atoms with van der Waals surface area (Å²) in [6, 6.07) is 68.6. The van der Waals surface area contributed by atoms with E-state index in [2.05, 4.69) is 115 Å². The predicted molar refractivity (Wildman–Crippen MR) is 254 cm³/mol. The van der Waals surface area contributed by atoms with Crippen LogP contribution >= 0.6 is 0 Å². The van der Waals surface area contributed by atoms with E-state index in [0.29, 0.717) is 17.5 Å². The van der Waals surface area contributed by atoms with Gasteiger partial charge < -0.3 is 13.3 Å². The predicted octanol–water partition coefficient (Wildman–Crippen LogP) is 15.6. The monoisotopic (exact) mass is 807 g/mol. The van der Waals surface area contributed by atoms with E-state index < -0.39 is 0 Å². The number of benzene rings is 9. The Morgan fingerprint density at radius 3 is 1.03 bits per heavy atom. The van der Waals surface area contributed by atoms with Crippen LogP contribution in [0.4, 0.5) is 0 Å². The van der Waals surface area contributed by atoms with E-state index in [-0.39, 0.29) is 0 Å². The van der Waals surface area contributed by atoms with Gasteiger partial charge in [0.15, 0.2) is 17.5 Å². The molecule has 4 aromatic heterocycles. The van der Waals surface area contributed by atoms with Crippen molar-refractivity contribution >= 4 is 65.8 Å². The quantitative estimate of drug-likeness (QED) is 0.166. The third-order valence-corrected chi connectivity index (χ3v) is 12.1. The molecule has 0 amide bonds. The summed E-state index contributed by atoms with van der Waals surface area (Å²) in [4.78, 5) is 15.6. The van der Waals surface area contributed by atoms with Crippen LogP contribution in [0.1, 0.15) is 0 Å². The van der Waals surface area contributed by atoms with E-state index in [4.69, 9.17) is 28.2 Å². The summed E-state index contributed by atoms with van der Waals surface area (Å²) in [5.41, 5.74) is 13.6. The van der Waals surface area contributed by atoms with E-state index in [1.807, 2.05) is 84.9 Å². The highest BCUT2D eigenvalue weighted by molar-refractivity contribution is 6.12. The number of furan rings is 3. The fraction of sp³-hybridized carbons (Fsp3) is 0. The second-order valence-corrected chi connectivity index (χ2v) is 15.9. The molecule has 0 atom stereocenters. The van der Waals surface area contributed by atoms with Gasteiger partial charge in [0.1, 0.15) is 33.5 Å². The highest BCUT2D eigenvalue weighted by atomic mass is 16.3. The number of hydrogen-bond donors (Lipinski definition) is 0. The van der Waals surface area contributed by atoms with Gasteiger partial charge in [-0.05, 0) is 53.1 Å². The Morgan fingerprint density at radius 1 is 0.238 bits per heavy atom. The number of aromatic nitrogens is 3. The van der Waals surface area contributed by atoms with Gasteiger partial charge in [0.2, 0.25) is 0 Å². The van der Waals surface area contributed by atoms with Gasteiger partial charge >= 0.3 is 0 Å². The lowest BCUT2D eigenvalue weighted by atomic mass is 9.94. The number of hydrogen-bond acceptors (Lipinski definition) is 6. The number of nitrogens with zero attached hydrogens (tertiary/aromatic N) is 3. The van der Waals surface area contributed by atoms with Crippen LogP contribution < -0.4 is 0 Å². The molecule has 6 nitrogen and oxygen atoms in total. The second-order valence-electron chi connectivity index (χ2n) is 15.9. The maximum atomic E-state index is 6.61. The molecule has 13 aromatic rings. The van der Waals surface area contributed by atoms with Gasteiger partial charge in [0, 0.05) is 65.7 Å². The first-order valence-electron chi connectivity index (χ1n) is 21.0. The molecule has 0 aliphatic carbocycles. The van der Waals surface area contributed by atoms with E-state index >= 15 is 0 Å². The van der Waals surface area contributed by atoms with Crippen LogP contribution in [0.5, 0.6) is 0 Å². The van der Waals surface area contributed by atoms with Gasteiger partial charge in [-0.25, -0.2) is 15.0 Å². The number of para-hydroxylation sites is 6. The molecule has 0 saturated heterocycles. The largest absolute Gasteiger partial charge is 0.455 e. The lowest BCUT2D eigenvalue weighted by molar-refractivity contribution is 0.669. The minimum absolute atomic E-state index is 0.548. The van der Waals surface area contributed by atoms with Gasteiger partial charge in [-0.15, -0.1) is 0 Å². The summed E-state index contributed by atoms with van der Waals surface area (Å²) in [6.07, 6.45) is 0. The van der Waals surface area contributed by atoms with Crippen molar-refractivity contribution in [2.24, 2.45) is 0 Å². The van der Waals surface area contributed by atoms with Crippen molar-refractivity contribution < 1.29 is 13.3 Å². The average molecular weight is 808 g/mol. The topological polar surface area (TPSA) is 78.1 Å². The normalized spacial score (nSPS) is 11.8. The molecule has 13 rings (SSSR count). The van der Waals surface area contributed by atoms with Gasteiger partial charge in [-0.3, -0.25) is 0 Å². The first-order valence-corrected chi connectivity index (χ1v) is 21.0. The highest BCUT2D eigenvalue weighted by Gasteiger charge is 2.20. The minimum atomic E-state index is 0.548. The van der Waals surface area contributed by atoms with Crippen molar-refractivity contribution in [1.82, 2.24) is 15.0 Å². The molecule has 4 heterocycles. The highest BCUT2D eigenvalue weighted by Crippen LogP contribution is 2.42. The molecular formula is C57H33N3O3. The van der Waals surface area contributed by atoms with Crippen LogP contribution in [-0.2, 0) is 0 Å². The van der Waals surface area contributed by atoms with Crippen molar-refractivity contribution in [3.05, 3.63) is 200 Å². The number of fused-ring (bicyclic) bond motifs is 9. The summed E-state index contributed by atoms with van der Waals surface area (Å²) in [5.74, 6) is 1.70. The summed E-state index contributed by atoms with van der Waals surface area (Å²) < 4.78 is 19.6. The Morgan fingerprint density at radius 2 is 0.571 bits per heavy atom. The van der Waals surface area contributed by atoms with Gasteiger partial charge in [-0.2, -0.15) is 0 Å². The Kier molecular flexibility index (Phi) is 7.80. The molecule has 0 N–H and O–H groups in total. The minimum Gasteiger partial charge on any atom is -0.455 e. The van der Waals surface area contributed by atoms with E-state index in [1.165, 1.54) is 0 Å². The Bertz CT molecular complexity index is 3780. The molecule has 0 radical (unpaired) electrons. The molecule has 0 fully saturated rings. The first kappa shape index (κ1) is 35.2. The molecule has 294 valence electrons. The van der Waals surface area contributed by atoms with Crippen LogP contribution in [0.15, 0.2) is 213 Å². The second kappa shape index (κ2) is 14.0. The molecule has 0 spiro atoms. The van der Waals surface area contributed by atoms with Crippen molar-refractivity contribution in [2.45, 2.75) is 0 Å². The third-order valence-electron chi connectivity index (χ3n) is 12.1. The lowest BCUT2D eigenvalue weighted by Crippen LogP contribution is -2.00. The van der Waals surface area contributed by atoms with E-state index in [9.17, 15) is 0 Å². The summed E-state index contributed by atoms with van der Waals surface area (Å²) in [6.45, 7) is 0. The molecule has 0 bridgehead atoms. The van der Waals surface area contributed by atoms with Crippen LogP contribution in [0.3, 0.4) is 0 Å². The SMILES string of the molecule is c1ccc(-c2nc(-c3ccc(-c4cccc5c4oc4ccccc45)cc3)nc(-c3cc(-c4cccc5c4oc4ccccc45)cc(-c4cccc5c4oc4ccccc45)c3)n2)cc1. The van der Waals surface area contributed by atoms with Crippen LogP contribution in [-0.4, -0.2) is 15.0 Å². The molecule has 0 aliphatic rings. The summed E-state index contributed by atoms with van der Waals surface area (Å²) in [5, 5.41) is 6.47. The van der Waals surface area contributed by atoms with Crippen LogP contribution in [0.2, 0.25) is 0 Å². The fourth-order valence-electron chi connectivity index (χ4n) is 9.14. The molecule has 0 saturated carbocycles. The van der Waals surface area contributed by atoms with Crippen molar-refractivity contribution in [2.75, 3.05) is 0 Å². The molecule has 0 unspecified atom stereocenters. The molecule has 63 heavy (non-hydrogen) atoms. The Labute approximate surface area is 360 Å². The van der Waals surface area contributed by atoms with E-state index in [1.54, 1.807) is 0 Å². The van der Waals surface area contributed by atoms with Gasteiger partial charge in [-0.1, -0.05) is 164 Å². The zero-order chi connectivity index (χ0) is 41.4. The maximum absolute atomic E-state index is 6.61. The smallest absolute Gasteiger partial charge is 0.164 e. The van der Waals surface area contributed by atoms with Crippen molar-refractivity contribution in [3.8, 4) is 67.5 Å². The fourth-order valence-corrected chi connectivity index (χ4v) is 9.14. The molecule has 9 aromatic carbocycles. The van der Waals surface area contributed by atoms with E-state index in [0.717, 1.165) is 116 Å². The Hall–Kier alpha value is -8.61. The van der Waals surface area contributed by atoms with Gasteiger partial charge in [0.05, 0.1) is 0 Å². The first-order chi connectivity index (χ1) is 31.2. The zero-order valence-corrected chi connectivity index (χ0v) is 33.6. The molecular weight excluding hydrogens is 775 g/mol. The zero-order valence-electron chi connectivity index (χ0n) is 33.6. The van der Waals surface area contributed by atoms with Crippen LogP contribution in [0.25, 0.3) is 133 Å². The summed E-state index contributed by atoms with van der Waals surface area (Å²) in [7, 11) is 0. The molecule has 0 aliphatic heterocycles. The van der Waals surface area contributed by atoms with Crippen LogP contribution in [0, 0.1) is 0 Å². The Balaban J connectivity index is 1.01. The number of rotatable bonds is 6. The molecule has 6 heteroatoms. The summed E-state index contributed by atoms with van der Waals surface area (Å²) >= 11 is 0. The van der Waals surface area contributed by atoms with Gasteiger partial charge in [0.25, 0.3) is 0 Å². The third kappa shape index (κ3) is 5.76. The lowest BCUT2D eigenvalue weighted by Gasteiger charge is -2.13. The van der Waals surface area contributed by atoms with Crippen molar-refractivity contribution in [3.63, 3.8) is 0 Å². The average Bonchev–Trinajstić information content (AvgIpc) is 4.06. The van der Waals surface area contributed by atoms with Crippen molar-refractivity contribution in [1.29, 1.82) is 0 Å². The maximum Gasteiger partial charge on any atom is 0.164 e.